The van der Waals surface area contributed by atoms with Gasteiger partial charge in [0.2, 0.25) is 0 Å². The van der Waals surface area contributed by atoms with Crippen molar-refractivity contribution in [1.29, 1.82) is 0 Å². The van der Waals surface area contributed by atoms with Crippen molar-refractivity contribution in [1.82, 2.24) is 10.3 Å². The lowest BCUT2D eigenvalue weighted by Crippen LogP contribution is -2.12. The fourth-order valence-corrected chi connectivity index (χ4v) is 3.22. The molecule has 0 spiro atoms. The maximum absolute atomic E-state index is 4.95. The Bertz CT molecular complexity index is 615. The van der Waals surface area contributed by atoms with Crippen LogP contribution < -0.4 is 10.6 Å². The summed E-state index contributed by atoms with van der Waals surface area (Å²) in [5.74, 6) is 0.988. The monoisotopic (exact) mass is 311 g/mol. The molecule has 124 valence electrons. The summed E-state index contributed by atoms with van der Waals surface area (Å²) in [6, 6.07) is 8.89. The Morgan fingerprint density at radius 3 is 2.00 bits per heavy atom. The van der Waals surface area contributed by atoms with Crippen molar-refractivity contribution in [2.24, 2.45) is 0 Å². The van der Waals surface area contributed by atoms with Crippen molar-refractivity contribution in [3.8, 4) is 11.3 Å². The summed E-state index contributed by atoms with van der Waals surface area (Å²) in [5.41, 5.74) is 7.81. The van der Waals surface area contributed by atoms with Gasteiger partial charge in [0.15, 0.2) is 0 Å². The largest absolute Gasteiger partial charge is 0.373 e. The third-order valence-electron chi connectivity index (χ3n) is 4.44. The summed E-state index contributed by atoms with van der Waals surface area (Å²) in [6.45, 7) is 7.48. The van der Waals surface area contributed by atoms with Crippen molar-refractivity contribution in [2.75, 3.05) is 19.4 Å². The standard InChI is InChI=1S/C20H29N3/c1-6-14-10-9-11-15(7-2)19(14)18-12-16(8-3)17(13-21-4)20(22-5)23-18/h9-12,21H,6-8,13H2,1-5H3,(H,22,23). The molecule has 0 amide bonds. The summed E-state index contributed by atoms with van der Waals surface area (Å²) in [6.07, 6.45) is 3.07. The second-order valence-electron chi connectivity index (χ2n) is 5.79. The summed E-state index contributed by atoms with van der Waals surface area (Å²) in [4.78, 5) is 4.95. The highest BCUT2D eigenvalue weighted by molar-refractivity contribution is 5.71. The lowest BCUT2D eigenvalue weighted by Gasteiger charge is -2.18. The molecule has 2 N–H and O–H groups in total. The predicted octanol–water partition coefficient (Wildman–Crippen LogP) is 4.20. The first-order valence-corrected chi connectivity index (χ1v) is 8.66. The highest BCUT2D eigenvalue weighted by atomic mass is 15.0. The van der Waals surface area contributed by atoms with Crippen LogP contribution in [0.5, 0.6) is 0 Å². The first-order chi connectivity index (χ1) is 11.2. The van der Waals surface area contributed by atoms with Crippen LogP contribution in [0, 0.1) is 0 Å². The minimum Gasteiger partial charge on any atom is -0.373 e. The Balaban J connectivity index is 2.70. The highest BCUT2D eigenvalue weighted by Crippen LogP contribution is 2.31. The van der Waals surface area contributed by atoms with Crippen molar-refractivity contribution in [3.05, 3.63) is 46.5 Å². The number of aromatic nitrogens is 1. The Kier molecular flexibility index (Phi) is 6.17. The zero-order valence-corrected chi connectivity index (χ0v) is 15.1. The Labute approximate surface area is 140 Å². The molecule has 2 rings (SSSR count). The molecular weight excluding hydrogens is 282 g/mol. The lowest BCUT2D eigenvalue weighted by atomic mass is 9.93. The van der Waals surface area contributed by atoms with Gasteiger partial charge < -0.3 is 10.6 Å². The fraction of sp³-hybridized carbons (Fsp3) is 0.450. The van der Waals surface area contributed by atoms with Crippen LogP contribution in [0.2, 0.25) is 0 Å². The van der Waals surface area contributed by atoms with Gasteiger partial charge in [-0.1, -0.05) is 39.0 Å². The number of aryl methyl sites for hydroxylation is 3. The van der Waals surface area contributed by atoms with Crippen molar-refractivity contribution >= 4 is 5.82 Å². The van der Waals surface area contributed by atoms with Gasteiger partial charge in [0.25, 0.3) is 0 Å². The molecular formula is C20H29N3. The van der Waals surface area contributed by atoms with Crippen LogP contribution in [-0.2, 0) is 25.8 Å². The average Bonchev–Trinajstić information content (AvgIpc) is 2.61. The highest BCUT2D eigenvalue weighted by Gasteiger charge is 2.15. The summed E-state index contributed by atoms with van der Waals surface area (Å²) in [5, 5.41) is 6.55. The molecule has 1 aromatic carbocycles. The van der Waals surface area contributed by atoms with E-state index in [4.69, 9.17) is 4.98 Å². The van der Waals surface area contributed by atoms with Gasteiger partial charge in [-0.25, -0.2) is 4.98 Å². The van der Waals surface area contributed by atoms with Crippen LogP contribution in [0.3, 0.4) is 0 Å². The Hall–Kier alpha value is -1.87. The molecule has 0 unspecified atom stereocenters. The molecule has 3 heteroatoms. The van der Waals surface area contributed by atoms with Gasteiger partial charge in [0, 0.05) is 24.7 Å². The van der Waals surface area contributed by atoms with E-state index in [-0.39, 0.29) is 0 Å². The van der Waals surface area contributed by atoms with Crippen molar-refractivity contribution in [3.63, 3.8) is 0 Å². The average molecular weight is 311 g/mol. The predicted molar refractivity (Wildman–Crippen MR) is 100 cm³/mol. The van der Waals surface area contributed by atoms with Gasteiger partial charge in [-0.15, -0.1) is 0 Å². The van der Waals surface area contributed by atoms with Gasteiger partial charge >= 0.3 is 0 Å². The quantitative estimate of drug-likeness (QED) is 0.805. The number of rotatable bonds is 7. The summed E-state index contributed by atoms with van der Waals surface area (Å²) >= 11 is 0. The first kappa shape index (κ1) is 17.5. The van der Waals surface area contributed by atoms with E-state index in [2.05, 4.69) is 55.7 Å². The van der Waals surface area contributed by atoms with E-state index in [1.165, 1.54) is 27.8 Å². The van der Waals surface area contributed by atoms with Crippen molar-refractivity contribution in [2.45, 2.75) is 46.6 Å². The molecule has 0 bridgehead atoms. The van der Waals surface area contributed by atoms with Crippen LogP contribution in [0.25, 0.3) is 11.3 Å². The zero-order chi connectivity index (χ0) is 16.8. The second kappa shape index (κ2) is 8.11. The Morgan fingerprint density at radius 1 is 0.913 bits per heavy atom. The minimum absolute atomic E-state index is 0.836. The smallest absolute Gasteiger partial charge is 0.131 e. The maximum Gasteiger partial charge on any atom is 0.131 e. The minimum atomic E-state index is 0.836. The molecule has 2 aromatic rings. The molecule has 1 aromatic heterocycles. The first-order valence-electron chi connectivity index (χ1n) is 8.66. The topological polar surface area (TPSA) is 37.0 Å². The number of anilines is 1. The van der Waals surface area contributed by atoms with Crippen LogP contribution in [-0.4, -0.2) is 19.1 Å². The van der Waals surface area contributed by atoms with E-state index < -0.39 is 0 Å². The molecule has 0 aliphatic heterocycles. The molecule has 0 aliphatic carbocycles. The molecule has 23 heavy (non-hydrogen) atoms. The number of nitrogens with zero attached hydrogens (tertiary/aromatic N) is 1. The molecule has 1 heterocycles. The SMILES string of the molecule is CCc1cc(-c2c(CC)cccc2CC)nc(NC)c1CNC. The number of hydrogen-bond donors (Lipinski definition) is 2. The molecule has 3 nitrogen and oxygen atoms in total. The van der Waals surface area contributed by atoms with E-state index in [0.717, 1.165) is 37.3 Å². The van der Waals surface area contributed by atoms with Gasteiger partial charge in [0.05, 0.1) is 5.69 Å². The van der Waals surface area contributed by atoms with Crippen LogP contribution in [0.1, 0.15) is 43.0 Å². The van der Waals surface area contributed by atoms with E-state index >= 15 is 0 Å². The molecule has 0 fully saturated rings. The van der Waals surface area contributed by atoms with E-state index in [9.17, 15) is 0 Å². The van der Waals surface area contributed by atoms with Crippen LogP contribution in [0.15, 0.2) is 24.3 Å². The zero-order valence-electron chi connectivity index (χ0n) is 15.1. The van der Waals surface area contributed by atoms with Gasteiger partial charge in [-0.05, 0) is 49.1 Å². The molecule has 0 saturated carbocycles. The number of pyridine rings is 1. The van der Waals surface area contributed by atoms with E-state index in [0.29, 0.717) is 0 Å². The van der Waals surface area contributed by atoms with Gasteiger partial charge in [-0.2, -0.15) is 0 Å². The summed E-state index contributed by atoms with van der Waals surface area (Å²) < 4.78 is 0. The van der Waals surface area contributed by atoms with Crippen LogP contribution in [0.4, 0.5) is 5.82 Å². The molecule has 0 atom stereocenters. The third kappa shape index (κ3) is 3.56. The van der Waals surface area contributed by atoms with Gasteiger partial charge in [0.1, 0.15) is 5.82 Å². The number of nitrogens with one attached hydrogen (secondary N) is 2. The van der Waals surface area contributed by atoms with Crippen LogP contribution >= 0.6 is 0 Å². The van der Waals surface area contributed by atoms with Gasteiger partial charge in [-0.3, -0.25) is 0 Å². The molecule has 0 radical (unpaired) electrons. The number of benzene rings is 1. The number of hydrogen-bond acceptors (Lipinski definition) is 3. The summed E-state index contributed by atoms with van der Waals surface area (Å²) in [7, 11) is 3.94. The third-order valence-corrected chi connectivity index (χ3v) is 4.44. The fourth-order valence-electron chi connectivity index (χ4n) is 3.22. The Morgan fingerprint density at radius 2 is 1.52 bits per heavy atom. The normalized spacial score (nSPS) is 10.8. The van der Waals surface area contributed by atoms with E-state index in [1.807, 2.05) is 14.1 Å². The molecule has 0 saturated heterocycles. The maximum atomic E-state index is 4.95. The van der Waals surface area contributed by atoms with Crippen molar-refractivity contribution < 1.29 is 0 Å². The van der Waals surface area contributed by atoms with E-state index in [1.54, 1.807) is 0 Å². The second-order valence-corrected chi connectivity index (χ2v) is 5.79. The lowest BCUT2D eigenvalue weighted by molar-refractivity contribution is 0.802. The molecule has 0 aliphatic rings.